The van der Waals surface area contributed by atoms with Crippen molar-refractivity contribution in [2.45, 2.75) is 38.7 Å². The van der Waals surface area contributed by atoms with Gasteiger partial charge in [-0.05, 0) is 38.2 Å². The van der Waals surface area contributed by atoms with Crippen LogP contribution in [0, 0.1) is 5.82 Å². The second-order valence-electron chi connectivity index (χ2n) is 7.67. The molecule has 0 saturated carbocycles. The van der Waals surface area contributed by atoms with Gasteiger partial charge in [0, 0.05) is 25.7 Å². The Kier molecular flexibility index (Phi) is 8.69. The van der Waals surface area contributed by atoms with Gasteiger partial charge in [-0.3, -0.25) is 14.2 Å². The Morgan fingerprint density at radius 1 is 1.18 bits per heavy atom. The number of hydrogen-bond acceptors (Lipinski definition) is 5. The van der Waals surface area contributed by atoms with E-state index in [1.807, 2.05) is 19.0 Å². The van der Waals surface area contributed by atoms with E-state index in [4.69, 9.17) is 9.90 Å². The van der Waals surface area contributed by atoms with Crippen LogP contribution in [-0.2, 0) is 35.6 Å². The fourth-order valence-corrected chi connectivity index (χ4v) is 3.19. The highest BCUT2D eigenvalue weighted by Crippen LogP contribution is 2.14. The van der Waals surface area contributed by atoms with Gasteiger partial charge in [0.25, 0.3) is 5.56 Å². The minimum Gasteiger partial charge on any atom is -0.475 e. The Balaban J connectivity index is 0.000000479. The molecule has 1 N–H and O–H groups in total. The van der Waals surface area contributed by atoms with Gasteiger partial charge in [0.15, 0.2) is 0 Å². The van der Waals surface area contributed by atoms with Crippen LogP contribution in [0.25, 0.3) is 0 Å². The number of halogens is 4. The van der Waals surface area contributed by atoms with E-state index in [0.717, 1.165) is 0 Å². The van der Waals surface area contributed by atoms with Crippen molar-refractivity contribution in [2.75, 3.05) is 20.6 Å². The maximum atomic E-state index is 13.3. The van der Waals surface area contributed by atoms with Crippen LogP contribution in [0.5, 0.6) is 0 Å². The van der Waals surface area contributed by atoms with Crippen LogP contribution in [0.15, 0.2) is 35.1 Å². The van der Waals surface area contributed by atoms with E-state index in [1.165, 1.54) is 12.1 Å². The van der Waals surface area contributed by atoms with E-state index in [1.54, 1.807) is 27.7 Å². The predicted octanol–water partition coefficient (Wildman–Crippen LogP) is 2.05. The second kappa shape index (κ2) is 11.0. The number of carboxylic acid groups (broad SMARTS) is 1. The van der Waals surface area contributed by atoms with Gasteiger partial charge in [-0.15, -0.1) is 0 Å². The number of aliphatic carboxylic acids is 1. The number of rotatable bonds is 4. The van der Waals surface area contributed by atoms with Crippen LogP contribution in [-0.4, -0.2) is 63.2 Å². The van der Waals surface area contributed by atoms with Crippen LogP contribution in [0.4, 0.5) is 17.6 Å². The summed E-state index contributed by atoms with van der Waals surface area (Å²) in [6.07, 6.45) is -4.25. The highest BCUT2D eigenvalue weighted by Gasteiger charge is 2.38. The third-order valence-corrected chi connectivity index (χ3v) is 4.60. The number of nitrogens with zero attached hydrogens (tertiary/aromatic N) is 4. The van der Waals surface area contributed by atoms with Crippen LogP contribution in [0.1, 0.15) is 23.5 Å². The van der Waals surface area contributed by atoms with Gasteiger partial charge < -0.3 is 14.9 Å². The number of carboxylic acids is 1. The van der Waals surface area contributed by atoms with E-state index in [0.29, 0.717) is 49.7 Å². The standard InChI is InChI=1S/C19H23FN4O2.C2HF3O2/c1-22(2)12-16-11-19(26)24-8-4-7-23(13-17(24)21-16)18(25)10-14-5-3-6-15(20)9-14;3-2(4,5)1(6)7/h3,5-6,9,11H,4,7-8,10,12-13H2,1-2H3;(H,6,7). The number of amides is 1. The first kappa shape index (κ1) is 26.0. The molecule has 0 fully saturated rings. The van der Waals surface area contributed by atoms with E-state index >= 15 is 0 Å². The maximum Gasteiger partial charge on any atom is 0.490 e. The van der Waals surface area contributed by atoms with Gasteiger partial charge in [0.1, 0.15) is 11.6 Å². The Morgan fingerprint density at radius 2 is 1.85 bits per heavy atom. The number of carbonyl (C=O) groups is 2. The Bertz CT molecular complexity index is 1050. The SMILES string of the molecule is CN(C)Cc1cc(=O)n2c(n1)CN(C(=O)Cc1cccc(F)c1)CCC2.O=C(O)C(F)(F)F. The molecule has 3 rings (SSSR count). The third-order valence-electron chi connectivity index (χ3n) is 4.60. The van der Waals surface area contributed by atoms with Crippen molar-refractivity contribution in [2.24, 2.45) is 0 Å². The summed E-state index contributed by atoms with van der Waals surface area (Å²) in [5.41, 5.74) is 1.27. The van der Waals surface area contributed by atoms with Crippen LogP contribution < -0.4 is 5.56 Å². The van der Waals surface area contributed by atoms with E-state index < -0.39 is 12.1 Å². The fourth-order valence-electron chi connectivity index (χ4n) is 3.19. The number of hydrogen-bond donors (Lipinski definition) is 1. The molecular formula is C21H24F4N4O4. The lowest BCUT2D eigenvalue weighted by molar-refractivity contribution is -0.192. The molecule has 0 bridgehead atoms. The second-order valence-corrected chi connectivity index (χ2v) is 7.67. The van der Waals surface area contributed by atoms with Gasteiger partial charge in [0.05, 0.1) is 18.7 Å². The zero-order valence-corrected chi connectivity index (χ0v) is 18.1. The molecule has 12 heteroatoms. The van der Waals surface area contributed by atoms with Gasteiger partial charge in [-0.1, -0.05) is 12.1 Å². The van der Waals surface area contributed by atoms with Crippen molar-refractivity contribution < 1.29 is 32.3 Å². The lowest BCUT2D eigenvalue weighted by Gasteiger charge is -2.20. The first-order valence-corrected chi connectivity index (χ1v) is 9.93. The Labute approximate surface area is 187 Å². The van der Waals surface area contributed by atoms with Crippen LogP contribution in [0.3, 0.4) is 0 Å². The smallest absolute Gasteiger partial charge is 0.475 e. The quantitative estimate of drug-likeness (QED) is 0.685. The molecule has 0 aliphatic carbocycles. The van der Waals surface area contributed by atoms with Gasteiger partial charge in [-0.2, -0.15) is 13.2 Å². The summed E-state index contributed by atoms with van der Waals surface area (Å²) in [5.74, 6) is -2.58. The monoisotopic (exact) mass is 472 g/mol. The fraction of sp³-hybridized carbons (Fsp3) is 0.429. The van der Waals surface area contributed by atoms with Crippen molar-refractivity contribution in [3.05, 3.63) is 63.6 Å². The topological polar surface area (TPSA) is 95.7 Å². The third kappa shape index (κ3) is 7.97. The van der Waals surface area contributed by atoms with E-state index in [9.17, 15) is 27.2 Å². The van der Waals surface area contributed by atoms with Gasteiger partial charge in [-0.25, -0.2) is 14.2 Å². The van der Waals surface area contributed by atoms with Gasteiger partial charge in [0.2, 0.25) is 5.91 Å². The molecule has 1 aromatic carbocycles. The predicted molar refractivity (Wildman–Crippen MR) is 110 cm³/mol. The molecule has 1 aliphatic heterocycles. The molecular weight excluding hydrogens is 448 g/mol. The molecule has 0 unspecified atom stereocenters. The molecule has 2 heterocycles. The molecule has 0 saturated heterocycles. The van der Waals surface area contributed by atoms with Crippen molar-refractivity contribution in [1.29, 1.82) is 0 Å². The zero-order valence-electron chi connectivity index (χ0n) is 18.1. The van der Waals surface area contributed by atoms with Gasteiger partial charge >= 0.3 is 12.1 Å². The lowest BCUT2D eigenvalue weighted by atomic mass is 10.1. The first-order chi connectivity index (χ1) is 15.4. The summed E-state index contributed by atoms with van der Waals surface area (Å²) in [6.45, 7) is 1.97. The van der Waals surface area contributed by atoms with E-state index in [2.05, 4.69) is 4.98 Å². The molecule has 0 spiro atoms. The number of carbonyl (C=O) groups excluding carboxylic acids is 1. The molecule has 2 aromatic rings. The Hall–Kier alpha value is -3.28. The number of aromatic nitrogens is 2. The minimum absolute atomic E-state index is 0.0775. The number of fused-ring (bicyclic) bond motifs is 1. The first-order valence-electron chi connectivity index (χ1n) is 9.93. The zero-order chi connectivity index (χ0) is 24.8. The molecule has 1 aromatic heterocycles. The summed E-state index contributed by atoms with van der Waals surface area (Å²) in [5, 5.41) is 7.12. The summed E-state index contributed by atoms with van der Waals surface area (Å²) in [6, 6.07) is 7.64. The normalized spacial score (nSPS) is 13.6. The van der Waals surface area contributed by atoms with Crippen molar-refractivity contribution in [3.8, 4) is 0 Å². The average molecular weight is 472 g/mol. The van der Waals surface area contributed by atoms with Crippen molar-refractivity contribution in [3.63, 3.8) is 0 Å². The largest absolute Gasteiger partial charge is 0.490 e. The number of benzene rings is 1. The van der Waals surface area contributed by atoms with Crippen molar-refractivity contribution >= 4 is 11.9 Å². The molecule has 1 amide bonds. The molecule has 180 valence electrons. The molecule has 0 radical (unpaired) electrons. The summed E-state index contributed by atoms with van der Waals surface area (Å²) >= 11 is 0. The highest BCUT2D eigenvalue weighted by atomic mass is 19.4. The summed E-state index contributed by atoms with van der Waals surface area (Å²) < 4.78 is 46.7. The molecule has 1 aliphatic rings. The summed E-state index contributed by atoms with van der Waals surface area (Å²) in [7, 11) is 3.83. The highest BCUT2D eigenvalue weighted by molar-refractivity contribution is 5.78. The maximum absolute atomic E-state index is 13.3. The summed E-state index contributed by atoms with van der Waals surface area (Å²) in [4.78, 5) is 42.2. The Morgan fingerprint density at radius 3 is 2.42 bits per heavy atom. The average Bonchev–Trinajstić information content (AvgIpc) is 2.90. The number of alkyl halides is 3. The molecule has 8 nitrogen and oxygen atoms in total. The van der Waals surface area contributed by atoms with Crippen LogP contribution >= 0.6 is 0 Å². The molecule has 0 atom stereocenters. The van der Waals surface area contributed by atoms with Crippen LogP contribution in [0.2, 0.25) is 0 Å². The minimum atomic E-state index is -5.08. The lowest BCUT2D eigenvalue weighted by Crippen LogP contribution is -2.33. The molecule has 33 heavy (non-hydrogen) atoms. The van der Waals surface area contributed by atoms with Crippen molar-refractivity contribution in [1.82, 2.24) is 19.4 Å². The van der Waals surface area contributed by atoms with E-state index in [-0.39, 0.29) is 23.7 Å².